The Hall–Kier alpha value is -2.29. The fourth-order valence-corrected chi connectivity index (χ4v) is 2.95. The first-order valence-corrected chi connectivity index (χ1v) is 8.26. The predicted octanol–water partition coefficient (Wildman–Crippen LogP) is 3.69. The van der Waals surface area contributed by atoms with Crippen LogP contribution in [0.15, 0.2) is 54.6 Å². The van der Waals surface area contributed by atoms with E-state index in [4.69, 9.17) is 5.73 Å². The van der Waals surface area contributed by atoms with Crippen LogP contribution >= 0.6 is 0 Å². The lowest BCUT2D eigenvalue weighted by molar-refractivity contribution is -0.120. The zero-order valence-electron chi connectivity index (χ0n) is 14.0. The average molecular weight is 310 g/mol. The van der Waals surface area contributed by atoms with Crippen LogP contribution in [0, 0.1) is 0 Å². The molecule has 0 unspecified atom stereocenters. The number of nitrogens with two attached hydrogens (primary N) is 1. The van der Waals surface area contributed by atoms with Crippen LogP contribution in [-0.2, 0) is 16.6 Å². The van der Waals surface area contributed by atoms with Crippen molar-refractivity contribution in [1.82, 2.24) is 5.32 Å². The summed E-state index contributed by atoms with van der Waals surface area (Å²) in [5.41, 5.74) is 8.66. The van der Waals surface area contributed by atoms with E-state index in [0.717, 1.165) is 18.4 Å². The number of hydrogen-bond acceptors (Lipinski definition) is 2. The highest BCUT2D eigenvalue weighted by molar-refractivity contribution is 5.78. The van der Waals surface area contributed by atoms with Gasteiger partial charge in [0.25, 0.3) is 0 Å². The van der Waals surface area contributed by atoms with E-state index in [0.29, 0.717) is 18.7 Å². The quantitative estimate of drug-likeness (QED) is 0.766. The van der Waals surface area contributed by atoms with Crippen LogP contribution in [0.5, 0.6) is 0 Å². The summed E-state index contributed by atoms with van der Waals surface area (Å²) in [5.74, 6) is 0.0528. The van der Waals surface area contributed by atoms with Crippen molar-refractivity contribution >= 4 is 11.6 Å². The van der Waals surface area contributed by atoms with Crippen LogP contribution in [-0.4, -0.2) is 12.5 Å². The molecule has 2 rings (SSSR count). The monoisotopic (exact) mass is 310 g/mol. The summed E-state index contributed by atoms with van der Waals surface area (Å²) >= 11 is 0. The molecule has 3 N–H and O–H groups in total. The van der Waals surface area contributed by atoms with Gasteiger partial charge in [-0.15, -0.1) is 0 Å². The van der Waals surface area contributed by atoms with Crippen LogP contribution in [0.25, 0.3) is 0 Å². The smallest absolute Gasteiger partial charge is 0.224 e. The van der Waals surface area contributed by atoms with Gasteiger partial charge in [-0.25, -0.2) is 0 Å². The van der Waals surface area contributed by atoms with Crippen molar-refractivity contribution in [3.05, 3.63) is 65.7 Å². The Labute approximate surface area is 138 Å². The maximum absolute atomic E-state index is 12.3. The number of benzene rings is 2. The van der Waals surface area contributed by atoms with Gasteiger partial charge < -0.3 is 11.1 Å². The first kappa shape index (κ1) is 17.1. The Kier molecular flexibility index (Phi) is 5.80. The molecule has 0 aliphatic rings. The van der Waals surface area contributed by atoms with Gasteiger partial charge in [0.15, 0.2) is 0 Å². The lowest BCUT2D eigenvalue weighted by atomic mass is 9.76. The molecule has 0 saturated heterocycles. The third-order valence-corrected chi connectivity index (χ3v) is 4.71. The molecular formula is C20H26N2O. The largest absolute Gasteiger partial charge is 0.399 e. The Morgan fingerprint density at radius 2 is 1.61 bits per heavy atom. The molecule has 0 aliphatic heterocycles. The number of rotatable bonds is 7. The minimum Gasteiger partial charge on any atom is -0.399 e. The van der Waals surface area contributed by atoms with Crippen molar-refractivity contribution < 1.29 is 4.79 Å². The molecule has 1 amide bonds. The second-order valence-corrected chi connectivity index (χ2v) is 6.05. The van der Waals surface area contributed by atoms with Crippen molar-refractivity contribution in [1.29, 1.82) is 0 Å². The second kappa shape index (κ2) is 7.82. The predicted molar refractivity (Wildman–Crippen MR) is 96.3 cm³/mol. The van der Waals surface area contributed by atoms with Gasteiger partial charge in [-0.3, -0.25) is 4.79 Å². The maximum atomic E-state index is 12.3. The van der Waals surface area contributed by atoms with E-state index in [1.165, 1.54) is 5.56 Å². The number of carbonyl (C=O) groups is 1. The summed E-state index contributed by atoms with van der Waals surface area (Å²) in [6.07, 6.45) is 2.38. The summed E-state index contributed by atoms with van der Waals surface area (Å²) in [6.45, 7) is 5.03. The van der Waals surface area contributed by atoms with Crippen LogP contribution in [0.4, 0.5) is 5.69 Å². The Balaban J connectivity index is 2.01. The topological polar surface area (TPSA) is 55.1 Å². The molecule has 0 aromatic heterocycles. The summed E-state index contributed by atoms with van der Waals surface area (Å²) in [7, 11) is 0. The van der Waals surface area contributed by atoms with Crippen molar-refractivity contribution in [2.75, 3.05) is 12.3 Å². The molecule has 2 aromatic rings. The zero-order valence-corrected chi connectivity index (χ0v) is 14.0. The molecule has 0 atom stereocenters. The van der Waals surface area contributed by atoms with Gasteiger partial charge in [0.05, 0.1) is 6.42 Å². The van der Waals surface area contributed by atoms with E-state index < -0.39 is 0 Å². The summed E-state index contributed by atoms with van der Waals surface area (Å²) < 4.78 is 0. The summed E-state index contributed by atoms with van der Waals surface area (Å²) in [4.78, 5) is 12.3. The van der Waals surface area contributed by atoms with E-state index >= 15 is 0 Å². The average Bonchev–Trinajstić information content (AvgIpc) is 2.59. The minimum absolute atomic E-state index is 0.00195. The summed E-state index contributed by atoms with van der Waals surface area (Å²) in [5, 5.41) is 3.12. The van der Waals surface area contributed by atoms with Gasteiger partial charge in [-0.1, -0.05) is 56.3 Å². The Bertz CT molecular complexity index is 616. The molecule has 0 fully saturated rings. The molecule has 0 saturated carbocycles. The van der Waals surface area contributed by atoms with E-state index in [2.05, 4.69) is 43.4 Å². The standard InChI is InChI=1S/C20H26N2O/c1-3-20(4-2,17-8-6-5-7-9-17)15-22-19(23)14-16-10-12-18(21)13-11-16/h5-13H,3-4,14-15,21H2,1-2H3,(H,22,23). The molecule has 23 heavy (non-hydrogen) atoms. The lowest BCUT2D eigenvalue weighted by Crippen LogP contribution is -2.40. The fourth-order valence-electron chi connectivity index (χ4n) is 2.95. The second-order valence-electron chi connectivity index (χ2n) is 6.05. The number of carbonyl (C=O) groups excluding carboxylic acids is 1. The third kappa shape index (κ3) is 4.35. The molecule has 0 spiro atoms. The zero-order chi connectivity index (χ0) is 16.7. The van der Waals surface area contributed by atoms with E-state index in [1.54, 1.807) is 0 Å². The normalized spacial score (nSPS) is 11.2. The fraction of sp³-hybridized carbons (Fsp3) is 0.350. The number of nitrogens with one attached hydrogen (secondary N) is 1. The highest BCUT2D eigenvalue weighted by atomic mass is 16.1. The third-order valence-electron chi connectivity index (χ3n) is 4.71. The molecule has 2 aromatic carbocycles. The molecule has 122 valence electrons. The molecule has 0 aliphatic carbocycles. The number of amides is 1. The molecule has 3 heteroatoms. The molecular weight excluding hydrogens is 284 g/mol. The van der Waals surface area contributed by atoms with Crippen molar-refractivity contribution in [3.8, 4) is 0 Å². The van der Waals surface area contributed by atoms with E-state index in [1.807, 2.05) is 30.3 Å². The van der Waals surface area contributed by atoms with E-state index in [9.17, 15) is 4.79 Å². The number of nitrogen functional groups attached to an aromatic ring is 1. The SMILES string of the molecule is CCC(CC)(CNC(=O)Cc1ccc(N)cc1)c1ccccc1. The van der Waals surface area contributed by atoms with Gasteiger partial charge >= 0.3 is 0 Å². The number of anilines is 1. The van der Waals surface area contributed by atoms with Gasteiger partial charge in [-0.05, 0) is 36.1 Å². The highest BCUT2D eigenvalue weighted by Crippen LogP contribution is 2.30. The van der Waals surface area contributed by atoms with Gasteiger partial charge in [0.2, 0.25) is 5.91 Å². The van der Waals surface area contributed by atoms with Crippen LogP contribution < -0.4 is 11.1 Å². The van der Waals surface area contributed by atoms with Crippen LogP contribution in [0.1, 0.15) is 37.8 Å². The first-order valence-electron chi connectivity index (χ1n) is 8.26. The summed E-state index contributed by atoms with van der Waals surface area (Å²) in [6, 6.07) is 17.9. The highest BCUT2D eigenvalue weighted by Gasteiger charge is 2.28. The molecule has 3 nitrogen and oxygen atoms in total. The Morgan fingerprint density at radius 1 is 1.00 bits per heavy atom. The van der Waals surface area contributed by atoms with Gasteiger partial charge in [0.1, 0.15) is 0 Å². The van der Waals surface area contributed by atoms with Crippen LogP contribution in [0.3, 0.4) is 0 Å². The maximum Gasteiger partial charge on any atom is 0.224 e. The van der Waals surface area contributed by atoms with Crippen LogP contribution in [0.2, 0.25) is 0 Å². The van der Waals surface area contributed by atoms with Crippen molar-refractivity contribution in [2.45, 2.75) is 38.5 Å². The first-order chi connectivity index (χ1) is 11.1. The molecule has 0 bridgehead atoms. The van der Waals surface area contributed by atoms with Gasteiger partial charge in [-0.2, -0.15) is 0 Å². The lowest BCUT2D eigenvalue weighted by Gasteiger charge is -2.32. The molecule has 0 heterocycles. The minimum atomic E-state index is -0.00195. The van der Waals surface area contributed by atoms with Gasteiger partial charge in [0, 0.05) is 17.6 Å². The van der Waals surface area contributed by atoms with Crippen molar-refractivity contribution in [2.24, 2.45) is 0 Å². The Morgan fingerprint density at radius 3 is 2.17 bits per heavy atom. The molecule has 0 radical (unpaired) electrons. The van der Waals surface area contributed by atoms with E-state index in [-0.39, 0.29) is 11.3 Å². The van der Waals surface area contributed by atoms with Crippen molar-refractivity contribution in [3.63, 3.8) is 0 Å². The number of hydrogen-bond donors (Lipinski definition) is 2.